The number of benzene rings is 1. The minimum Gasteiger partial charge on any atom is -0.328 e. The van der Waals surface area contributed by atoms with Crippen molar-refractivity contribution >= 4 is 23.2 Å². The third kappa shape index (κ3) is 4.11. The Bertz CT molecular complexity index is 533. The van der Waals surface area contributed by atoms with E-state index in [-0.39, 0.29) is 28.6 Å². The zero-order chi connectivity index (χ0) is 15.6. The summed E-state index contributed by atoms with van der Waals surface area (Å²) in [7, 11) is 0. The first kappa shape index (κ1) is 16.1. The molecule has 3 nitrogen and oxygen atoms in total. The van der Waals surface area contributed by atoms with E-state index in [0.29, 0.717) is 12.8 Å². The highest BCUT2D eigenvalue weighted by atomic mass is 35.5. The minimum absolute atomic E-state index is 0.0179. The Hall–Kier alpha value is -1.27. The van der Waals surface area contributed by atoms with Gasteiger partial charge in [0.1, 0.15) is 0 Å². The van der Waals surface area contributed by atoms with Crippen LogP contribution in [-0.2, 0) is 11.0 Å². The van der Waals surface area contributed by atoms with Crippen LogP contribution in [0.2, 0.25) is 5.02 Å². The average molecular weight is 321 g/mol. The monoisotopic (exact) mass is 320 g/mol. The molecule has 1 aromatic carbocycles. The van der Waals surface area contributed by atoms with Crippen molar-refractivity contribution in [2.75, 3.05) is 5.32 Å². The fraction of sp³-hybridized carbons (Fsp3) is 0.500. The summed E-state index contributed by atoms with van der Waals surface area (Å²) in [5.74, 6) is -0.606. The zero-order valence-electron chi connectivity index (χ0n) is 11.2. The number of rotatable bonds is 2. The summed E-state index contributed by atoms with van der Waals surface area (Å²) in [5.41, 5.74) is 4.95. The van der Waals surface area contributed by atoms with Gasteiger partial charge in [-0.1, -0.05) is 18.0 Å². The highest BCUT2D eigenvalue weighted by Gasteiger charge is 2.31. The molecule has 0 radical (unpaired) electrons. The highest BCUT2D eigenvalue weighted by molar-refractivity contribution is 6.33. The molecule has 1 fully saturated rings. The van der Waals surface area contributed by atoms with Crippen LogP contribution < -0.4 is 11.1 Å². The van der Waals surface area contributed by atoms with Crippen molar-refractivity contribution in [1.29, 1.82) is 0 Å². The maximum atomic E-state index is 12.7. The molecule has 2 atom stereocenters. The van der Waals surface area contributed by atoms with Crippen molar-refractivity contribution in [3.63, 3.8) is 0 Å². The van der Waals surface area contributed by atoms with E-state index in [1.54, 1.807) is 0 Å². The fourth-order valence-corrected chi connectivity index (χ4v) is 2.66. The van der Waals surface area contributed by atoms with Gasteiger partial charge in [-0.15, -0.1) is 0 Å². The largest absolute Gasteiger partial charge is 0.416 e. The van der Waals surface area contributed by atoms with Crippen LogP contribution in [0.1, 0.15) is 31.2 Å². The summed E-state index contributed by atoms with van der Waals surface area (Å²) in [6, 6.07) is 2.83. The van der Waals surface area contributed by atoms with Crippen molar-refractivity contribution in [3.05, 3.63) is 28.8 Å². The molecule has 2 rings (SSSR count). The Morgan fingerprint density at radius 2 is 2.05 bits per heavy atom. The third-order valence-corrected chi connectivity index (χ3v) is 3.97. The van der Waals surface area contributed by atoms with Gasteiger partial charge in [0.15, 0.2) is 0 Å². The van der Waals surface area contributed by atoms with Crippen LogP contribution in [-0.4, -0.2) is 11.9 Å². The number of hydrogen-bond acceptors (Lipinski definition) is 2. The number of carbonyl (C=O) groups excluding carboxylic acids is 1. The summed E-state index contributed by atoms with van der Waals surface area (Å²) in [4.78, 5) is 12.1. The highest BCUT2D eigenvalue weighted by Crippen LogP contribution is 2.34. The first-order chi connectivity index (χ1) is 9.77. The molecule has 7 heteroatoms. The number of alkyl halides is 3. The van der Waals surface area contributed by atoms with E-state index in [1.807, 2.05) is 0 Å². The predicted molar refractivity (Wildman–Crippen MR) is 75.0 cm³/mol. The molecule has 1 aliphatic carbocycles. The molecular formula is C14H16ClF3N2O. The molecular weight excluding hydrogens is 305 g/mol. The first-order valence-corrected chi connectivity index (χ1v) is 7.08. The van der Waals surface area contributed by atoms with Crippen molar-refractivity contribution in [2.45, 2.75) is 37.9 Å². The van der Waals surface area contributed by atoms with Gasteiger partial charge in [0.05, 0.1) is 16.3 Å². The van der Waals surface area contributed by atoms with Gasteiger partial charge in [0.2, 0.25) is 5.91 Å². The molecule has 0 bridgehead atoms. The Kier molecular flexibility index (Phi) is 4.78. The van der Waals surface area contributed by atoms with Crippen molar-refractivity contribution < 1.29 is 18.0 Å². The number of nitrogens with one attached hydrogen (secondary N) is 1. The molecule has 0 aliphatic heterocycles. The maximum Gasteiger partial charge on any atom is 0.416 e. The van der Waals surface area contributed by atoms with E-state index in [2.05, 4.69) is 5.32 Å². The molecule has 1 aliphatic rings. The van der Waals surface area contributed by atoms with Crippen LogP contribution in [0.3, 0.4) is 0 Å². The number of carbonyl (C=O) groups is 1. The van der Waals surface area contributed by atoms with Gasteiger partial charge >= 0.3 is 6.18 Å². The Morgan fingerprint density at radius 1 is 1.33 bits per heavy atom. The van der Waals surface area contributed by atoms with Gasteiger partial charge in [0, 0.05) is 12.0 Å². The Morgan fingerprint density at radius 3 is 2.67 bits per heavy atom. The van der Waals surface area contributed by atoms with E-state index in [0.717, 1.165) is 31.0 Å². The van der Waals surface area contributed by atoms with Crippen molar-refractivity contribution in [2.24, 2.45) is 11.7 Å². The minimum atomic E-state index is -4.47. The molecule has 116 valence electrons. The van der Waals surface area contributed by atoms with Gasteiger partial charge < -0.3 is 11.1 Å². The van der Waals surface area contributed by atoms with Crippen LogP contribution in [0.15, 0.2) is 18.2 Å². The van der Waals surface area contributed by atoms with Crippen LogP contribution >= 0.6 is 11.6 Å². The van der Waals surface area contributed by atoms with Gasteiger partial charge in [-0.3, -0.25) is 4.79 Å². The Labute approximate surface area is 125 Å². The SMILES string of the molecule is NC1CCCC(C(=O)Nc2cc(C(F)(F)F)ccc2Cl)C1. The molecule has 1 saturated carbocycles. The molecule has 0 spiro atoms. The number of amides is 1. The molecule has 0 aromatic heterocycles. The molecule has 2 unspecified atom stereocenters. The summed E-state index contributed by atoms with van der Waals surface area (Å²) >= 11 is 5.85. The van der Waals surface area contributed by atoms with Crippen LogP contribution in [0.4, 0.5) is 18.9 Å². The maximum absolute atomic E-state index is 12.7. The zero-order valence-corrected chi connectivity index (χ0v) is 12.0. The van der Waals surface area contributed by atoms with Crippen LogP contribution in [0.25, 0.3) is 0 Å². The lowest BCUT2D eigenvalue weighted by Crippen LogP contribution is -2.34. The van der Waals surface area contributed by atoms with E-state index in [4.69, 9.17) is 17.3 Å². The van der Waals surface area contributed by atoms with Gasteiger partial charge in [-0.25, -0.2) is 0 Å². The standard InChI is InChI=1S/C14H16ClF3N2O/c15-11-5-4-9(14(16,17)18)7-12(11)20-13(21)8-2-1-3-10(19)6-8/h4-5,7-8,10H,1-3,6,19H2,(H,20,21). The molecule has 0 saturated heterocycles. The van der Waals surface area contributed by atoms with Crippen LogP contribution in [0, 0.1) is 5.92 Å². The second kappa shape index (κ2) is 6.23. The van der Waals surface area contributed by atoms with Crippen molar-refractivity contribution in [3.8, 4) is 0 Å². The van der Waals surface area contributed by atoms with Gasteiger partial charge in [0.25, 0.3) is 0 Å². The van der Waals surface area contributed by atoms with E-state index < -0.39 is 11.7 Å². The molecule has 1 amide bonds. The fourth-order valence-electron chi connectivity index (χ4n) is 2.50. The van der Waals surface area contributed by atoms with E-state index in [9.17, 15) is 18.0 Å². The lowest BCUT2D eigenvalue weighted by atomic mass is 9.85. The second-order valence-corrected chi connectivity index (χ2v) is 5.71. The van der Waals surface area contributed by atoms with E-state index >= 15 is 0 Å². The van der Waals surface area contributed by atoms with E-state index in [1.165, 1.54) is 0 Å². The molecule has 0 heterocycles. The summed E-state index contributed by atoms with van der Waals surface area (Å²) < 4.78 is 38.0. The van der Waals surface area contributed by atoms with Gasteiger partial charge in [-0.2, -0.15) is 13.2 Å². The van der Waals surface area contributed by atoms with Crippen molar-refractivity contribution in [1.82, 2.24) is 0 Å². The number of hydrogen-bond donors (Lipinski definition) is 2. The predicted octanol–water partition coefficient (Wildman–Crippen LogP) is 3.81. The summed E-state index contributed by atoms with van der Waals surface area (Å²) in [6.07, 6.45) is -1.53. The molecule has 1 aromatic rings. The first-order valence-electron chi connectivity index (χ1n) is 6.70. The summed E-state index contributed by atoms with van der Waals surface area (Å²) in [5, 5.41) is 2.57. The third-order valence-electron chi connectivity index (χ3n) is 3.64. The molecule has 21 heavy (non-hydrogen) atoms. The number of anilines is 1. The number of nitrogens with two attached hydrogens (primary N) is 1. The number of halogens is 4. The summed E-state index contributed by atoms with van der Waals surface area (Å²) in [6.45, 7) is 0. The molecule has 3 N–H and O–H groups in total. The van der Waals surface area contributed by atoms with Gasteiger partial charge in [-0.05, 0) is 37.5 Å². The smallest absolute Gasteiger partial charge is 0.328 e. The lowest BCUT2D eigenvalue weighted by Gasteiger charge is -2.25. The topological polar surface area (TPSA) is 55.1 Å². The second-order valence-electron chi connectivity index (χ2n) is 5.31. The average Bonchev–Trinajstić information content (AvgIpc) is 2.40. The Balaban J connectivity index is 2.13. The normalized spacial score (nSPS) is 22.9. The quantitative estimate of drug-likeness (QED) is 0.870. The lowest BCUT2D eigenvalue weighted by molar-refractivity contribution is -0.137. The van der Waals surface area contributed by atoms with Crippen LogP contribution in [0.5, 0.6) is 0 Å².